The Kier molecular flexibility index (Phi) is 34.5. The average Bonchev–Trinajstić information content (AvgIpc) is 4.09. The zero-order valence-corrected chi connectivity index (χ0v) is 50.3. The molecule has 85 heavy (non-hydrogen) atoms. The van der Waals surface area contributed by atoms with Gasteiger partial charge in [-0.1, -0.05) is 58.0 Å². The maximum absolute atomic E-state index is 14.5. The monoisotopic (exact) mass is 1220 g/mol. The summed E-state index contributed by atoms with van der Waals surface area (Å²) in [5.74, 6) is -10.1. The van der Waals surface area contributed by atoms with Gasteiger partial charge in [0.05, 0.1) is 13.0 Å². The van der Waals surface area contributed by atoms with Gasteiger partial charge in [0.2, 0.25) is 65.0 Å². The van der Waals surface area contributed by atoms with E-state index in [-0.39, 0.29) is 108 Å². The molecule has 1 heterocycles. The highest BCUT2D eigenvalue weighted by Crippen LogP contribution is 2.14. The fraction of sp³-hybridized carbons (Fsp3) is 0.655. The zero-order chi connectivity index (χ0) is 63.6. The van der Waals surface area contributed by atoms with Crippen molar-refractivity contribution in [3.8, 4) is 0 Å². The molecule has 0 unspecified atom stereocenters. The van der Waals surface area contributed by atoms with Crippen molar-refractivity contribution in [2.45, 2.75) is 178 Å². The number of primary amides is 1. The summed E-state index contributed by atoms with van der Waals surface area (Å²) in [4.78, 5) is 165. The van der Waals surface area contributed by atoms with Crippen LogP contribution < -0.4 is 81.8 Å². The van der Waals surface area contributed by atoms with Gasteiger partial charge in [-0.15, -0.1) is 0 Å². The van der Waals surface area contributed by atoms with Crippen molar-refractivity contribution < 1.29 is 62.6 Å². The Bertz CT molecular complexity index is 2420. The van der Waals surface area contributed by atoms with Crippen LogP contribution in [0.25, 0.3) is 0 Å². The van der Waals surface area contributed by atoms with E-state index in [0.29, 0.717) is 37.0 Å². The number of hydrogen-bond donors (Lipinski definition) is 16. The lowest BCUT2D eigenvalue weighted by atomic mass is 10.0. The van der Waals surface area contributed by atoms with Crippen molar-refractivity contribution in [1.29, 1.82) is 0 Å². The number of benzene rings is 1. The molecule has 11 amide bonds. The molecule has 21 N–H and O–H groups in total. The number of guanidine groups is 1. The highest BCUT2D eigenvalue weighted by atomic mass is 32.2. The quantitative estimate of drug-likeness (QED) is 0.0173. The molecule has 0 saturated carbocycles. The lowest BCUT2D eigenvalue weighted by Gasteiger charge is -2.28. The van der Waals surface area contributed by atoms with Crippen molar-refractivity contribution in [3.63, 3.8) is 0 Å². The number of carbonyl (C=O) groups is 12. The van der Waals surface area contributed by atoms with Crippen molar-refractivity contribution in [3.05, 3.63) is 35.9 Å². The van der Waals surface area contributed by atoms with Crippen LogP contribution in [-0.4, -0.2) is 175 Å². The molecule has 1 aromatic rings. The van der Waals surface area contributed by atoms with Crippen molar-refractivity contribution in [1.82, 2.24) is 53.2 Å². The molecule has 0 spiro atoms. The molecule has 2 rings (SSSR count). The van der Waals surface area contributed by atoms with Crippen molar-refractivity contribution in [2.24, 2.45) is 45.5 Å². The van der Waals surface area contributed by atoms with E-state index in [1.54, 1.807) is 44.2 Å². The number of carbonyl (C=O) groups excluding carboxylic acids is 11. The van der Waals surface area contributed by atoms with Crippen LogP contribution in [0.5, 0.6) is 0 Å². The summed E-state index contributed by atoms with van der Waals surface area (Å²) in [5, 5.41) is 35.8. The predicted octanol–water partition coefficient (Wildman–Crippen LogP) is -3.38. The second-order valence-electron chi connectivity index (χ2n) is 21.7. The normalized spacial score (nSPS) is 15.6. The molecule has 9 atom stereocenters. The van der Waals surface area contributed by atoms with Crippen LogP contribution >= 0.6 is 11.8 Å². The van der Waals surface area contributed by atoms with E-state index < -0.39 is 132 Å². The summed E-state index contributed by atoms with van der Waals surface area (Å²) >= 11 is 1.46. The number of rotatable bonds is 42. The molecule has 1 fully saturated rings. The smallest absolute Gasteiger partial charge is 0.305 e. The summed E-state index contributed by atoms with van der Waals surface area (Å²) in [6.07, 6.45) is 3.03. The van der Waals surface area contributed by atoms with E-state index in [1.807, 2.05) is 20.1 Å². The van der Waals surface area contributed by atoms with Crippen LogP contribution in [0.4, 0.5) is 0 Å². The molecule has 1 aromatic carbocycles. The van der Waals surface area contributed by atoms with E-state index in [0.717, 1.165) is 0 Å². The fourth-order valence-corrected chi connectivity index (χ4v) is 9.39. The molecule has 1 saturated heterocycles. The number of aliphatic carboxylic acids is 1. The Labute approximate surface area is 500 Å². The van der Waals surface area contributed by atoms with Gasteiger partial charge in [-0.25, -0.2) is 0 Å². The summed E-state index contributed by atoms with van der Waals surface area (Å²) in [7, 11) is 0. The number of amides is 11. The van der Waals surface area contributed by atoms with Crippen LogP contribution in [-0.2, 0) is 64.0 Å². The summed E-state index contributed by atoms with van der Waals surface area (Å²) in [5.41, 5.74) is 28.6. The molecular weight excluding hydrogens is 1120 g/mol. The molecule has 0 bridgehead atoms. The van der Waals surface area contributed by atoms with E-state index in [9.17, 15) is 62.6 Å². The minimum Gasteiger partial charge on any atom is -0.481 e. The first-order valence-corrected chi connectivity index (χ1v) is 30.2. The number of thioether (sulfide) groups is 1. The lowest BCUT2D eigenvalue weighted by Crippen LogP contribution is -2.60. The van der Waals surface area contributed by atoms with Gasteiger partial charge in [-0.2, -0.15) is 11.8 Å². The maximum Gasteiger partial charge on any atom is 0.305 e. The minimum absolute atomic E-state index is 0.0348. The standard InChI is InChI=1S/C55H92N16O13S/c1-31(2)26-39(47(77)62-30-44(73)64-40(27-32(3)4)52(82)65-34(46(58)76)21-25-85-5)69-53(83)41(28-33-14-7-6-8-15-33)70-50(80)37(18-13-24-61-55(59)60)68-54(84)42(29-45(74)75)71-49(79)36(17-10-12-23-57)66-48(78)35(16-9-11-22-56)67-51(81)38-19-20-43(72)63-38/h6-8,14-15,31-32,34-42H,9-13,16-30,56-57H2,1-5H3,(H2,58,76)(H,62,77)(H,63,72)(H,64,73)(H,65,82)(H,66,78)(H,67,81)(H,68,84)(H,69,83)(H,70,80)(H,71,79)(H,74,75)(H4,59,60,61)/t34-,35-,36-,37-,38-,39-,40-,41-,42-/m0/s1. The molecular formula is C55H92N16O13S. The van der Waals surface area contributed by atoms with E-state index >= 15 is 0 Å². The molecule has 1 aliphatic heterocycles. The van der Waals surface area contributed by atoms with Crippen molar-refractivity contribution >= 4 is 88.7 Å². The fourth-order valence-electron chi connectivity index (χ4n) is 8.92. The van der Waals surface area contributed by atoms with Crippen LogP contribution in [0, 0.1) is 11.8 Å². The van der Waals surface area contributed by atoms with Gasteiger partial charge in [0.15, 0.2) is 5.96 Å². The SMILES string of the molecule is CSCC[C@H](NC(=O)[C@H](CC(C)C)NC(=O)CNC(=O)[C@H](CC(C)C)NC(=O)[C@H](Cc1ccccc1)NC(=O)[C@H](CCCN=C(N)N)NC(=O)[C@H](CC(=O)O)NC(=O)[C@H](CCCCN)NC(=O)[C@H](CCCCN)NC(=O)[C@@H]1CCC(=O)N1)C(N)=O. The molecule has 476 valence electrons. The van der Waals surface area contributed by atoms with Gasteiger partial charge < -0.3 is 86.9 Å². The van der Waals surface area contributed by atoms with Gasteiger partial charge in [0.25, 0.3) is 0 Å². The number of nitrogens with zero attached hydrogens (tertiary/aromatic N) is 1. The number of hydrogen-bond acceptors (Lipinski definition) is 16. The third-order valence-corrected chi connectivity index (χ3v) is 14.0. The lowest BCUT2D eigenvalue weighted by molar-refractivity contribution is -0.141. The molecule has 29 nitrogen and oxygen atoms in total. The Morgan fingerprint density at radius 1 is 0.600 bits per heavy atom. The topological polar surface area (TPSA) is 488 Å². The first kappa shape index (κ1) is 73.5. The Hall–Kier alpha value is -7.60. The molecule has 0 aromatic heterocycles. The summed E-state index contributed by atoms with van der Waals surface area (Å²) in [6.45, 7) is 7.08. The number of carboxylic acids is 1. The van der Waals surface area contributed by atoms with Crippen LogP contribution in [0.2, 0.25) is 0 Å². The Morgan fingerprint density at radius 3 is 1.56 bits per heavy atom. The van der Waals surface area contributed by atoms with Gasteiger partial charge >= 0.3 is 5.97 Å². The van der Waals surface area contributed by atoms with Gasteiger partial charge in [0, 0.05) is 19.4 Å². The largest absolute Gasteiger partial charge is 0.481 e. The van der Waals surface area contributed by atoms with Crippen molar-refractivity contribution in [2.75, 3.05) is 38.2 Å². The van der Waals surface area contributed by atoms with Crippen LogP contribution in [0.15, 0.2) is 35.3 Å². The first-order chi connectivity index (χ1) is 40.3. The second-order valence-corrected chi connectivity index (χ2v) is 22.7. The number of nitrogens with two attached hydrogens (primary N) is 5. The number of carboxylic acid groups (broad SMARTS) is 1. The third kappa shape index (κ3) is 29.7. The van der Waals surface area contributed by atoms with E-state index in [2.05, 4.69) is 58.2 Å². The minimum atomic E-state index is -1.86. The predicted molar refractivity (Wildman–Crippen MR) is 319 cm³/mol. The molecule has 0 aliphatic carbocycles. The van der Waals surface area contributed by atoms with E-state index in [4.69, 9.17) is 28.7 Å². The number of unbranched alkanes of at least 4 members (excludes halogenated alkanes) is 2. The summed E-state index contributed by atoms with van der Waals surface area (Å²) in [6, 6.07) is -3.17. The Balaban J connectivity index is 2.46. The maximum atomic E-state index is 14.5. The third-order valence-electron chi connectivity index (χ3n) is 13.4. The Morgan fingerprint density at radius 2 is 1.07 bits per heavy atom. The average molecular weight is 1220 g/mol. The number of nitrogens with one attached hydrogen (secondary N) is 10. The van der Waals surface area contributed by atoms with Gasteiger partial charge in [-0.3, -0.25) is 62.5 Å². The highest BCUT2D eigenvalue weighted by Gasteiger charge is 2.36. The summed E-state index contributed by atoms with van der Waals surface area (Å²) < 4.78 is 0. The van der Waals surface area contributed by atoms with Gasteiger partial charge in [-0.05, 0) is 120 Å². The second kappa shape index (κ2) is 39.9. The van der Waals surface area contributed by atoms with Gasteiger partial charge in [0.1, 0.15) is 54.4 Å². The first-order valence-electron chi connectivity index (χ1n) is 28.8. The molecule has 1 aliphatic rings. The van der Waals surface area contributed by atoms with Crippen LogP contribution in [0.1, 0.15) is 123 Å². The highest BCUT2D eigenvalue weighted by molar-refractivity contribution is 7.98. The molecule has 30 heteroatoms. The molecule has 0 radical (unpaired) electrons. The van der Waals surface area contributed by atoms with E-state index in [1.165, 1.54) is 11.8 Å². The zero-order valence-electron chi connectivity index (χ0n) is 49.5. The van der Waals surface area contributed by atoms with Crippen LogP contribution in [0.3, 0.4) is 0 Å². The number of aliphatic imine (C=N–C) groups is 1.